The number of amides is 1. The predicted molar refractivity (Wildman–Crippen MR) is 113 cm³/mol. The Kier molecular flexibility index (Phi) is 5.23. The van der Waals surface area contributed by atoms with Crippen LogP contribution in [0.1, 0.15) is 45.4 Å². The molecule has 1 aromatic carbocycles. The molecule has 4 heteroatoms. The van der Waals surface area contributed by atoms with Crippen LogP contribution in [0.5, 0.6) is 0 Å². The van der Waals surface area contributed by atoms with E-state index in [2.05, 4.69) is 49.5 Å². The Morgan fingerprint density at radius 1 is 1.23 bits per heavy atom. The first-order chi connectivity index (χ1) is 12.6. The molecule has 2 heterocycles. The molecule has 0 fully saturated rings. The first kappa shape index (κ1) is 17.9. The lowest BCUT2D eigenvalue weighted by Gasteiger charge is -2.19. The van der Waals surface area contributed by atoms with E-state index in [0.717, 1.165) is 23.0 Å². The number of benzene rings is 1. The quantitative estimate of drug-likeness (QED) is 0.793. The lowest BCUT2D eigenvalue weighted by molar-refractivity contribution is -0.116. The summed E-state index contributed by atoms with van der Waals surface area (Å²) in [5.74, 6) is 1.82. The number of thiophene rings is 1. The SMILES string of the molecule is Cc1ccc(CCNC(=O)C2=Cc3sc4c(c3CS2)CCC(C)C4)cc1. The average molecular weight is 384 g/mol. The van der Waals surface area contributed by atoms with Gasteiger partial charge in [-0.2, -0.15) is 0 Å². The van der Waals surface area contributed by atoms with E-state index in [1.165, 1.54) is 40.8 Å². The molecular weight excluding hydrogens is 358 g/mol. The van der Waals surface area contributed by atoms with Gasteiger partial charge in [-0.25, -0.2) is 0 Å². The number of carbonyl (C=O) groups excluding carboxylic acids is 1. The van der Waals surface area contributed by atoms with Gasteiger partial charge in [-0.15, -0.1) is 23.1 Å². The standard InChI is InChI=1S/C22H25NOS2/c1-14-3-6-16(7-4-14)9-10-23-22(24)21-12-20-18(13-25-21)17-8-5-15(2)11-19(17)26-20/h3-4,6-7,12,15H,5,8-11,13H2,1-2H3,(H,23,24). The molecule has 0 saturated carbocycles. The van der Waals surface area contributed by atoms with E-state index >= 15 is 0 Å². The first-order valence-electron chi connectivity index (χ1n) is 9.42. The van der Waals surface area contributed by atoms with E-state index in [0.29, 0.717) is 6.54 Å². The normalized spacial score (nSPS) is 18.7. The third-order valence-electron chi connectivity index (χ3n) is 5.33. The Bertz CT molecular complexity index is 848. The minimum atomic E-state index is 0.0764. The number of thioether (sulfide) groups is 1. The molecule has 0 saturated heterocycles. The van der Waals surface area contributed by atoms with E-state index in [9.17, 15) is 4.79 Å². The van der Waals surface area contributed by atoms with E-state index in [-0.39, 0.29) is 5.91 Å². The monoisotopic (exact) mass is 383 g/mol. The van der Waals surface area contributed by atoms with Gasteiger partial charge in [0.05, 0.1) is 4.91 Å². The van der Waals surface area contributed by atoms with Gasteiger partial charge in [-0.1, -0.05) is 36.8 Å². The third-order valence-corrected chi connectivity index (χ3v) is 7.62. The average Bonchev–Trinajstić information content (AvgIpc) is 2.99. The summed E-state index contributed by atoms with van der Waals surface area (Å²) in [6, 6.07) is 8.52. The topological polar surface area (TPSA) is 29.1 Å². The van der Waals surface area contributed by atoms with Crippen LogP contribution >= 0.6 is 23.1 Å². The van der Waals surface area contributed by atoms with Crippen molar-refractivity contribution in [3.05, 3.63) is 61.2 Å². The second kappa shape index (κ2) is 7.61. The number of aryl methyl sites for hydroxylation is 1. The number of hydrogen-bond acceptors (Lipinski definition) is 3. The van der Waals surface area contributed by atoms with Crippen molar-refractivity contribution in [1.82, 2.24) is 5.32 Å². The molecule has 1 N–H and O–H groups in total. The maximum Gasteiger partial charge on any atom is 0.257 e. The third kappa shape index (κ3) is 3.77. The highest BCUT2D eigenvalue weighted by Gasteiger charge is 2.26. The summed E-state index contributed by atoms with van der Waals surface area (Å²) in [7, 11) is 0. The van der Waals surface area contributed by atoms with Gasteiger partial charge in [-0.05, 0) is 61.3 Å². The van der Waals surface area contributed by atoms with Crippen LogP contribution in [0.2, 0.25) is 0 Å². The van der Waals surface area contributed by atoms with Crippen molar-refractivity contribution in [3.8, 4) is 0 Å². The van der Waals surface area contributed by atoms with Crippen LogP contribution in [-0.4, -0.2) is 12.5 Å². The van der Waals surface area contributed by atoms with Gasteiger partial charge in [0.25, 0.3) is 5.91 Å². The highest BCUT2D eigenvalue weighted by atomic mass is 32.2. The maximum absolute atomic E-state index is 12.6. The van der Waals surface area contributed by atoms with Gasteiger partial charge in [0, 0.05) is 22.1 Å². The largest absolute Gasteiger partial charge is 0.351 e. The molecule has 2 nitrogen and oxygen atoms in total. The second-order valence-corrected chi connectivity index (χ2v) is 9.64. The zero-order valence-corrected chi connectivity index (χ0v) is 17.1. The minimum absolute atomic E-state index is 0.0764. The summed E-state index contributed by atoms with van der Waals surface area (Å²) in [5, 5.41) is 3.09. The molecule has 136 valence electrons. The van der Waals surface area contributed by atoms with Crippen molar-refractivity contribution < 1.29 is 4.79 Å². The van der Waals surface area contributed by atoms with Crippen molar-refractivity contribution >= 4 is 35.1 Å². The van der Waals surface area contributed by atoms with E-state index in [1.807, 2.05) is 11.3 Å². The summed E-state index contributed by atoms with van der Waals surface area (Å²) in [5.41, 5.74) is 5.62. The van der Waals surface area contributed by atoms with Gasteiger partial charge in [0.1, 0.15) is 0 Å². The molecular formula is C22H25NOS2. The minimum Gasteiger partial charge on any atom is -0.351 e. The van der Waals surface area contributed by atoms with Crippen LogP contribution in [0.15, 0.2) is 29.2 Å². The summed E-state index contributed by atoms with van der Waals surface area (Å²) in [6.45, 7) is 5.12. The smallest absolute Gasteiger partial charge is 0.257 e. The highest BCUT2D eigenvalue weighted by Crippen LogP contribution is 2.43. The summed E-state index contributed by atoms with van der Waals surface area (Å²) < 4.78 is 0. The summed E-state index contributed by atoms with van der Waals surface area (Å²) >= 11 is 3.61. The second-order valence-electron chi connectivity index (χ2n) is 7.48. The Morgan fingerprint density at radius 3 is 2.85 bits per heavy atom. The van der Waals surface area contributed by atoms with Crippen molar-refractivity contribution in [3.63, 3.8) is 0 Å². The Balaban J connectivity index is 1.40. The molecule has 0 radical (unpaired) electrons. The number of rotatable bonds is 4. The number of hydrogen-bond donors (Lipinski definition) is 1. The molecule has 0 spiro atoms. The summed E-state index contributed by atoms with van der Waals surface area (Å²) in [4.78, 5) is 16.3. The van der Waals surface area contributed by atoms with Gasteiger partial charge in [0.2, 0.25) is 0 Å². The van der Waals surface area contributed by atoms with Gasteiger partial charge >= 0.3 is 0 Å². The van der Waals surface area contributed by atoms with Crippen LogP contribution in [0.3, 0.4) is 0 Å². The van der Waals surface area contributed by atoms with E-state index in [1.54, 1.807) is 22.2 Å². The fourth-order valence-electron chi connectivity index (χ4n) is 3.72. The van der Waals surface area contributed by atoms with Crippen LogP contribution in [0.25, 0.3) is 6.08 Å². The van der Waals surface area contributed by atoms with Crippen molar-refractivity contribution in [1.29, 1.82) is 0 Å². The predicted octanol–water partition coefficient (Wildman–Crippen LogP) is 5.13. The molecule has 26 heavy (non-hydrogen) atoms. The zero-order valence-electron chi connectivity index (χ0n) is 15.4. The fraction of sp³-hybridized carbons (Fsp3) is 0.409. The molecule has 1 aromatic heterocycles. The Morgan fingerprint density at radius 2 is 2.04 bits per heavy atom. The van der Waals surface area contributed by atoms with Gasteiger partial charge < -0.3 is 5.32 Å². The molecule has 1 aliphatic heterocycles. The first-order valence-corrected chi connectivity index (χ1v) is 11.2. The number of nitrogens with one attached hydrogen (secondary N) is 1. The van der Waals surface area contributed by atoms with Crippen LogP contribution in [0.4, 0.5) is 0 Å². The fourth-order valence-corrected chi connectivity index (χ4v) is 6.39. The lowest BCUT2D eigenvalue weighted by atomic mass is 9.88. The molecule has 1 atom stereocenters. The lowest BCUT2D eigenvalue weighted by Crippen LogP contribution is -2.26. The Labute approximate surface area is 164 Å². The molecule has 1 amide bonds. The van der Waals surface area contributed by atoms with Crippen LogP contribution in [-0.2, 0) is 29.8 Å². The van der Waals surface area contributed by atoms with Crippen molar-refractivity contribution in [2.45, 2.75) is 45.3 Å². The molecule has 1 unspecified atom stereocenters. The molecule has 2 aromatic rings. The van der Waals surface area contributed by atoms with Crippen LogP contribution in [0, 0.1) is 12.8 Å². The summed E-state index contributed by atoms with van der Waals surface area (Å²) in [6.07, 6.45) is 6.73. The van der Waals surface area contributed by atoms with E-state index < -0.39 is 0 Å². The zero-order chi connectivity index (χ0) is 18.1. The maximum atomic E-state index is 12.6. The number of carbonyl (C=O) groups is 1. The molecule has 2 aliphatic rings. The van der Waals surface area contributed by atoms with Gasteiger partial charge in [-0.3, -0.25) is 4.79 Å². The van der Waals surface area contributed by atoms with Crippen molar-refractivity contribution in [2.75, 3.05) is 6.54 Å². The Hall–Kier alpha value is -1.52. The molecule has 1 aliphatic carbocycles. The molecule has 4 rings (SSSR count). The van der Waals surface area contributed by atoms with Crippen LogP contribution < -0.4 is 5.32 Å². The van der Waals surface area contributed by atoms with Crippen molar-refractivity contribution in [2.24, 2.45) is 5.92 Å². The molecule has 0 bridgehead atoms. The highest BCUT2D eigenvalue weighted by molar-refractivity contribution is 8.03. The van der Waals surface area contributed by atoms with E-state index in [4.69, 9.17) is 0 Å². The number of fused-ring (bicyclic) bond motifs is 3. The van der Waals surface area contributed by atoms with Gasteiger partial charge in [0.15, 0.2) is 0 Å².